The van der Waals surface area contributed by atoms with Crippen LogP contribution in [0.3, 0.4) is 0 Å². The number of nitrogens with zero attached hydrogens (tertiary/aromatic N) is 3. The predicted molar refractivity (Wildman–Crippen MR) is 78.9 cm³/mol. The maximum atomic E-state index is 5.27. The molecule has 0 aliphatic carbocycles. The molecule has 3 rings (SSSR count). The molecular weight excluding hydrogens is 256 g/mol. The van der Waals surface area contributed by atoms with E-state index in [0.717, 1.165) is 38.4 Å². The number of benzene rings is 1. The zero-order valence-electron chi connectivity index (χ0n) is 11.1. The molecule has 0 saturated heterocycles. The molecule has 1 aliphatic rings. The lowest BCUT2D eigenvalue weighted by Gasteiger charge is -2.21. The number of hydrogen-bond acceptors (Lipinski definition) is 3. The number of aromatic amines is 1. The highest BCUT2D eigenvalue weighted by Gasteiger charge is 2.18. The first-order chi connectivity index (χ1) is 9.29. The molecule has 2 heterocycles. The normalized spacial score (nSPS) is 15.1. The van der Waals surface area contributed by atoms with Gasteiger partial charge in [-0.3, -0.25) is 4.57 Å². The third-order valence-corrected chi connectivity index (χ3v) is 4.00. The van der Waals surface area contributed by atoms with E-state index in [-0.39, 0.29) is 0 Å². The van der Waals surface area contributed by atoms with E-state index in [9.17, 15) is 0 Å². The van der Waals surface area contributed by atoms with Crippen LogP contribution in [-0.2, 0) is 19.5 Å². The second-order valence-electron chi connectivity index (χ2n) is 4.87. The number of rotatable bonds is 2. The maximum Gasteiger partial charge on any atom is 0.226 e. The molecule has 0 amide bonds. The van der Waals surface area contributed by atoms with Gasteiger partial charge in [-0.05, 0) is 43.1 Å². The van der Waals surface area contributed by atoms with E-state index >= 15 is 0 Å². The molecule has 0 atom stereocenters. The fraction of sp³-hybridized carbons (Fsp3) is 0.429. The van der Waals surface area contributed by atoms with Crippen LogP contribution in [0.15, 0.2) is 24.3 Å². The molecule has 0 saturated carbocycles. The highest BCUT2D eigenvalue weighted by molar-refractivity contribution is 7.71. The number of aromatic nitrogens is 3. The zero-order valence-corrected chi connectivity index (χ0v) is 11.9. The SMILES string of the molecule is CCn1c(N2CCCc3ccccc3C2)n[nH]c1=S. The highest BCUT2D eigenvalue weighted by Crippen LogP contribution is 2.22. The number of anilines is 1. The van der Waals surface area contributed by atoms with E-state index in [0.29, 0.717) is 4.77 Å². The molecule has 5 heteroatoms. The highest BCUT2D eigenvalue weighted by atomic mass is 32.1. The van der Waals surface area contributed by atoms with E-state index < -0.39 is 0 Å². The molecule has 100 valence electrons. The summed E-state index contributed by atoms with van der Waals surface area (Å²) in [6.07, 6.45) is 2.30. The van der Waals surface area contributed by atoms with E-state index in [1.165, 1.54) is 11.1 Å². The molecule has 0 fully saturated rings. The Morgan fingerprint density at radius 2 is 2.11 bits per heavy atom. The van der Waals surface area contributed by atoms with E-state index in [4.69, 9.17) is 12.2 Å². The molecule has 1 aromatic carbocycles. The molecule has 1 aromatic heterocycles. The summed E-state index contributed by atoms with van der Waals surface area (Å²) in [4.78, 5) is 2.32. The fourth-order valence-corrected chi connectivity index (χ4v) is 2.96. The number of H-pyrrole nitrogens is 1. The lowest BCUT2D eigenvalue weighted by molar-refractivity contribution is 0.677. The van der Waals surface area contributed by atoms with Crippen LogP contribution in [0.2, 0.25) is 0 Å². The van der Waals surface area contributed by atoms with Crippen molar-refractivity contribution in [3.63, 3.8) is 0 Å². The summed E-state index contributed by atoms with van der Waals surface area (Å²) in [5.41, 5.74) is 2.86. The summed E-state index contributed by atoms with van der Waals surface area (Å²) in [5.74, 6) is 0.962. The molecule has 0 radical (unpaired) electrons. The van der Waals surface area contributed by atoms with Crippen LogP contribution in [0, 0.1) is 4.77 Å². The molecule has 2 aromatic rings. The van der Waals surface area contributed by atoms with Gasteiger partial charge in [-0.2, -0.15) is 0 Å². The van der Waals surface area contributed by atoms with Crippen molar-refractivity contribution in [1.29, 1.82) is 0 Å². The minimum atomic E-state index is 0.704. The van der Waals surface area contributed by atoms with Crippen LogP contribution in [0.1, 0.15) is 24.5 Å². The third-order valence-electron chi connectivity index (χ3n) is 3.69. The van der Waals surface area contributed by atoms with Crippen LogP contribution >= 0.6 is 12.2 Å². The molecule has 0 spiro atoms. The van der Waals surface area contributed by atoms with E-state index in [1.807, 2.05) is 0 Å². The second-order valence-corrected chi connectivity index (χ2v) is 5.25. The van der Waals surface area contributed by atoms with Crippen molar-refractivity contribution in [3.8, 4) is 0 Å². The summed E-state index contributed by atoms with van der Waals surface area (Å²) < 4.78 is 2.76. The Bertz CT molecular complexity index is 628. The van der Waals surface area contributed by atoms with Gasteiger partial charge in [-0.1, -0.05) is 24.3 Å². The molecule has 19 heavy (non-hydrogen) atoms. The zero-order chi connectivity index (χ0) is 13.2. The summed E-state index contributed by atoms with van der Waals surface area (Å²) in [5, 5.41) is 7.30. The Morgan fingerprint density at radius 1 is 1.32 bits per heavy atom. The van der Waals surface area contributed by atoms with Gasteiger partial charge < -0.3 is 4.90 Å². The Labute approximate surface area is 118 Å². The maximum absolute atomic E-state index is 5.27. The number of nitrogens with one attached hydrogen (secondary N) is 1. The predicted octanol–water partition coefficient (Wildman–Crippen LogP) is 2.91. The quantitative estimate of drug-likeness (QED) is 0.856. The minimum absolute atomic E-state index is 0.704. The summed E-state index contributed by atoms with van der Waals surface area (Å²) >= 11 is 5.27. The van der Waals surface area contributed by atoms with Crippen molar-refractivity contribution in [1.82, 2.24) is 14.8 Å². The molecule has 0 bridgehead atoms. The molecule has 1 N–H and O–H groups in total. The molecule has 4 nitrogen and oxygen atoms in total. The van der Waals surface area contributed by atoms with Crippen molar-refractivity contribution in [2.75, 3.05) is 11.4 Å². The van der Waals surface area contributed by atoms with Gasteiger partial charge in [-0.15, -0.1) is 5.10 Å². The third kappa shape index (κ3) is 2.30. The van der Waals surface area contributed by atoms with Gasteiger partial charge in [0.05, 0.1) is 0 Å². The second kappa shape index (κ2) is 5.17. The van der Waals surface area contributed by atoms with Gasteiger partial charge in [0.1, 0.15) is 0 Å². The summed E-state index contributed by atoms with van der Waals surface area (Å²) in [7, 11) is 0. The first-order valence-corrected chi connectivity index (χ1v) is 7.17. The number of fused-ring (bicyclic) bond motifs is 1. The van der Waals surface area contributed by atoms with Crippen LogP contribution in [0.4, 0.5) is 5.95 Å². The first-order valence-electron chi connectivity index (χ1n) is 6.76. The lowest BCUT2D eigenvalue weighted by atomic mass is 10.0. The van der Waals surface area contributed by atoms with Gasteiger partial charge in [0.25, 0.3) is 0 Å². The van der Waals surface area contributed by atoms with Crippen LogP contribution in [-0.4, -0.2) is 21.3 Å². The smallest absolute Gasteiger partial charge is 0.226 e. The molecule has 0 unspecified atom stereocenters. The van der Waals surface area contributed by atoms with Crippen molar-refractivity contribution < 1.29 is 0 Å². The monoisotopic (exact) mass is 274 g/mol. The summed E-state index contributed by atoms with van der Waals surface area (Å²) in [6.45, 7) is 4.88. The lowest BCUT2D eigenvalue weighted by Crippen LogP contribution is -2.26. The Hall–Kier alpha value is -1.62. The van der Waals surface area contributed by atoms with Crippen molar-refractivity contribution in [2.45, 2.75) is 32.9 Å². The van der Waals surface area contributed by atoms with Gasteiger partial charge >= 0.3 is 0 Å². The molecular formula is C14H18N4S. The first kappa shape index (κ1) is 12.4. The van der Waals surface area contributed by atoms with Crippen LogP contribution in [0.5, 0.6) is 0 Å². The van der Waals surface area contributed by atoms with E-state index in [1.54, 1.807) is 0 Å². The van der Waals surface area contributed by atoms with Gasteiger partial charge in [0.15, 0.2) is 4.77 Å². The Balaban J connectivity index is 1.96. The van der Waals surface area contributed by atoms with Crippen molar-refractivity contribution in [2.24, 2.45) is 0 Å². The van der Waals surface area contributed by atoms with Gasteiger partial charge in [0.2, 0.25) is 5.95 Å². The van der Waals surface area contributed by atoms with Crippen LogP contribution < -0.4 is 4.90 Å². The average molecular weight is 274 g/mol. The van der Waals surface area contributed by atoms with Crippen molar-refractivity contribution in [3.05, 3.63) is 40.2 Å². The largest absolute Gasteiger partial charge is 0.337 e. The Morgan fingerprint density at radius 3 is 2.89 bits per heavy atom. The minimum Gasteiger partial charge on any atom is -0.337 e. The summed E-state index contributed by atoms with van der Waals surface area (Å²) in [6, 6.07) is 8.68. The Kier molecular flexibility index (Phi) is 3.38. The average Bonchev–Trinajstić information content (AvgIpc) is 2.68. The fourth-order valence-electron chi connectivity index (χ4n) is 2.71. The number of hydrogen-bond donors (Lipinski definition) is 1. The van der Waals surface area contributed by atoms with Crippen molar-refractivity contribution >= 4 is 18.2 Å². The van der Waals surface area contributed by atoms with Crippen LogP contribution in [0.25, 0.3) is 0 Å². The van der Waals surface area contributed by atoms with Gasteiger partial charge in [0, 0.05) is 19.6 Å². The van der Waals surface area contributed by atoms with Gasteiger partial charge in [-0.25, -0.2) is 5.10 Å². The standard InChI is InChI=1S/C14H18N4S/c1-2-18-13(15-16-14(18)19)17-9-5-8-11-6-3-4-7-12(11)10-17/h3-4,6-7H,2,5,8-10H2,1H3,(H,16,19). The topological polar surface area (TPSA) is 36.9 Å². The molecule has 1 aliphatic heterocycles. The van der Waals surface area contributed by atoms with E-state index in [2.05, 4.69) is 50.9 Å². The number of aryl methyl sites for hydroxylation is 1.